The van der Waals surface area contributed by atoms with Crippen molar-refractivity contribution in [3.8, 4) is 0 Å². The molecule has 1 aromatic heterocycles. The number of hydrogen-bond donors (Lipinski definition) is 2. The molecule has 100 valence electrons. The van der Waals surface area contributed by atoms with E-state index in [1.54, 1.807) is 12.1 Å². The molecule has 0 saturated heterocycles. The maximum absolute atomic E-state index is 11.8. The Morgan fingerprint density at radius 3 is 2.61 bits per heavy atom. The average Bonchev–Trinajstić information content (AvgIpc) is 2.64. The van der Waals surface area contributed by atoms with E-state index in [4.69, 9.17) is 9.52 Å². The summed E-state index contributed by atoms with van der Waals surface area (Å²) >= 11 is 1.12. The van der Waals surface area contributed by atoms with Crippen molar-refractivity contribution in [1.82, 2.24) is 5.32 Å². The van der Waals surface area contributed by atoms with Crippen LogP contribution in [0.4, 0.5) is 4.79 Å². The molecule has 0 saturated carbocycles. The highest BCUT2D eigenvalue weighted by Gasteiger charge is 2.23. The summed E-state index contributed by atoms with van der Waals surface area (Å²) in [6.07, 6.45) is 1.25. The minimum absolute atomic E-state index is 0.204. The predicted octanol–water partition coefficient (Wildman–Crippen LogP) is 3.04. The van der Waals surface area contributed by atoms with Gasteiger partial charge in [0, 0.05) is 4.75 Å². The van der Waals surface area contributed by atoms with Crippen LogP contribution in [0.1, 0.15) is 39.0 Å². The van der Waals surface area contributed by atoms with Gasteiger partial charge >= 0.3 is 5.97 Å². The Morgan fingerprint density at radius 1 is 1.50 bits per heavy atom. The van der Waals surface area contributed by atoms with Gasteiger partial charge in [-0.15, -0.1) is 0 Å². The SMILES string of the molecule is CC(C)(C)SC(=O)N[C@H](CC(=O)O)c1ccco1. The van der Waals surface area contributed by atoms with Gasteiger partial charge in [0.05, 0.1) is 18.7 Å². The second kappa shape index (κ2) is 5.95. The van der Waals surface area contributed by atoms with Gasteiger partial charge in [0.1, 0.15) is 5.76 Å². The summed E-state index contributed by atoms with van der Waals surface area (Å²) in [7, 11) is 0. The first-order valence-electron chi connectivity index (χ1n) is 5.52. The van der Waals surface area contributed by atoms with Crippen LogP contribution in [0, 0.1) is 0 Å². The van der Waals surface area contributed by atoms with E-state index in [0.29, 0.717) is 5.76 Å². The fourth-order valence-corrected chi connectivity index (χ4v) is 2.09. The van der Waals surface area contributed by atoms with Crippen LogP contribution in [0.15, 0.2) is 22.8 Å². The fourth-order valence-electron chi connectivity index (χ4n) is 1.34. The number of thioether (sulfide) groups is 1. The van der Waals surface area contributed by atoms with Crippen LogP contribution in [-0.2, 0) is 4.79 Å². The van der Waals surface area contributed by atoms with Gasteiger partial charge in [0.2, 0.25) is 0 Å². The molecule has 0 bridgehead atoms. The van der Waals surface area contributed by atoms with Gasteiger partial charge in [-0.1, -0.05) is 32.5 Å². The van der Waals surface area contributed by atoms with Crippen molar-refractivity contribution < 1.29 is 19.1 Å². The second-order valence-corrected chi connectivity index (χ2v) is 6.61. The van der Waals surface area contributed by atoms with Gasteiger partial charge in [-0.3, -0.25) is 9.59 Å². The molecule has 18 heavy (non-hydrogen) atoms. The molecular weight excluding hydrogens is 254 g/mol. The second-order valence-electron chi connectivity index (χ2n) is 4.81. The summed E-state index contributed by atoms with van der Waals surface area (Å²) in [5.74, 6) is -0.544. The van der Waals surface area contributed by atoms with Gasteiger partial charge < -0.3 is 14.8 Å². The number of carbonyl (C=O) groups excluding carboxylic acids is 1. The van der Waals surface area contributed by atoms with Crippen molar-refractivity contribution in [2.45, 2.75) is 38.0 Å². The number of furan rings is 1. The van der Waals surface area contributed by atoms with Crippen molar-refractivity contribution in [2.24, 2.45) is 0 Å². The molecule has 0 aromatic carbocycles. The predicted molar refractivity (Wildman–Crippen MR) is 69.6 cm³/mol. The molecule has 1 heterocycles. The van der Waals surface area contributed by atoms with E-state index in [1.807, 2.05) is 20.8 Å². The minimum Gasteiger partial charge on any atom is -0.481 e. The molecule has 0 aliphatic heterocycles. The number of carboxylic acids is 1. The lowest BCUT2D eigenvalue weighted by atomic mass is 10.1. The Balaban J connectivity index is 2.68. The van der Waals surface area contributed by atoms with Gasteiger partial charge in [0.15, 0.2) is 0 Å². The minimum atomic E-state index is -0.988. The third-order valence-corrected chi connectivity index (χ3v) is 2.87. The summed E-state index contributed by atoms with van der Waals surface area (Å²) in [6, 6.07) is 2.67. The highest BCUT2D eigenvalue weighted by Crippen LogP contribution is 2.26. The monoisotopic (exact) mass is 271 g/mol. The Bertz CT molecular complexity index is 408. The molecule has 1 amide bonds. The Labute approximate surface area is 110 Å². The lowest BCUT2D eigenvalue weighted by Gasteiger charge is -2.19. The number of rotatable bonds is 4. The molecule has 0 aliphatic carbocycles. The number of aliphatic carboxylic acids is 1. The maximum Gasteiger partial charge on any atom is 0.305 e. The van der Waals surface area contributed by atoms with Crippen LogP contribution < -0.4 is 5.32 Å². The highest BCUT2D eigenvalue weighted by molar-refractivity contribution is 8.14. The molecule has 1 rings (SSSR count). The van der Waals surface area contributed by atoms with E-state index in [2.05, 4.69) is 5.32 Å². The molecule has 0 radical (unpaired) electrons. The summed E-state index contributed by atoms with van der Waals surface area (Å²) in [5.41, 5.74) is 0. The molecule has 5 nitrogen and oxygen atoms in total. The maximum atomic E-state index is 11.8. The van der Waals surface area contributed by atoms with E-state index < -0.39 is 12.0 Å². The van der Waals surface area contributed by atoms with Gasteiger partial charge in [-0.25, -0.2) is 0 Å². The van der Waals surface area contributed by atoms with Gasteiger partial charge in [-0.2, -0.15) is 0 Å². The number of carboxylic acid groups (broad SMARTS) is 1. The van der Waals surface area contributed by atoms with Crippen molar-refractivity contribution in [1.29, 1.82) is 0 Å². The molecule has 0 aliphatic rings. The van der Waals surface area contributed by atoms with Crippen molar-refractivity contribution >= 4 is 23.0 Å². The Hall–Kier alpha value is -1.43. The van der Waals surface area contributed by atoms with E-state index in [1.165, 1.54) is 6.26 Å². The van der Waals surface area contributed by atoms with Crippen LogP contribution in [-0.4, -0.2) is 21.1 Å². The van der Waals surface area contributed by atoms with Gasteiger partial charge in [0.25, 0.3) is 5.24 Å². The first-order chi connectivity index (χ1) is 8.28. The molecule has 2 N–H and O–H groups in total. The zero-order valence-electron chi connectivity index (χ0n) is 10.6. The molecule has 1 atom stereocenters. The highest BCUT2D eigenvalue weighted by atomic mass is 32.2. The summed E-state index contributed by atoms with van der Waals surface area (Å²) < 4.78 is 4.92. The number of amides is 1. The van der Waals surface area contributed by atoms with Crippen LogP contribution in [0.5, 0.6) is 0 Å². The third kappa shape index (κ3) is 5.27. The Morgan fingerprint density at radius 2 is 2.17 bits per heavy atom. The molecule has 0 spiro atoms. The Kier molecular flexibility index (Phi) is 4.84. The summed E-state index contributed by atoms with van der Waals surface area (Å²) in [6.45, 7) is 5.74. The summed E-state index contributed by atoms with van der Waals surface area (Å²) in [4.78, 5) is 22.5. The van der Waals surface area contributed by atoms with Crippen LogP contribution in [0.3, 0.4) is 0 Å². The van der Waals surface area contributed by atoms with Crippen LogP contribution in [0.2, 0.25) is 0 Å². The molecular formula is C12H17NO4S. The fraction of sp³-hybridized carbons (Fsp3) is 0.500. The number of hydrogen-bond acceptors (Lipinski definition) is 4. The number of nitrogens with one attached hydrogen (secondary N) is 1. The molecule has 0 unspecified atom stereocenters. The standard InChI is InChI=1S/C12H17NO4S/c1-12(2,3)18-11(16)13-8(7-10(14)15)9-5-4-6-17-9/h4-6,8H,7H2,1-3H3,(H,13,16)(H,14,15)/t8-/m1/s1. The van der Waals surface area contributed by atoms with Crippen molar-refractivity contribution in [2.75, 3.05) is 0 Å². The van der Waals surface area contributed by atoms with E-state index in [0.717, 1.165) is 11.8 Å². The van der Waals surface area contributed by atoms with E-state index >= 15 is 0 Å². The van der Waals surface area contributed by atoms with Crippen LogP contribution in [0.25, 0.3) is 0 Å². The normalized spacial score (nSPS) is 13.1. The topological polar surface area (TPSA) is 79.5 Å². The zero-order chi connectivity index (χ0) is 13.8. The van der Waals surface area contributed by atoms with Crippen LogP contribution >= 0.6 is 11.8 Å². The largest absolute Gasteiger partial charge is 0.481 e. The molecule has 1 aromatic rings. The van der Waals surface area contributed by atoms with E-state index in [9.17, 15) is 9.59 Å². The zero-order valence-corrected chi connectivity index (χ0v) is 11.4. The molecule has 6 heteroatoms. The van der Waals surface area contributed by atoms with Crippen molar-refractivity contribution in [3.63, 3.8) is 0 Å². The lowest BCUT2D eigenvalue weighted by Crippen LogP contribution is -2.29. The van der Waals surface area contributed by atoms with Crippen molar-refractivity contribution in [3.05, 3.63) is 24.2 Å². The summed E-state index contributed by atoms with van der Waals surface area (Å²) in [5, 5.41) is 11.2. The first-order valence-corrected chi connectivity index (χ1v) is 6.34. The smallest absolute Gasteiger partial charge is 0.305 e. The van der Waals surface area contributed by atoms with Gasteiger partial charge in [-0.05, 0) is 12.1 Å². The lowest BCUT2D eigenvalue weighted by molar-refractivity contribution is -0.137. The number of carbonyl (C=O) groups is 2. The molecule has 0 fully saturated rings. The first kappa shape index (κ1) is 14.6. The third-order valence-electron chi connectivity index (χ3n) is 1.96. The quantitative estimate of drug-likeness (QED) is 0.879. The average molecular weight is 271 g/mol. The van der Waals surface area contributed by atoms with E-state index in [-0.39, 0.29) is 16.4 Å².